The molecular formula is C8H8ClFOZn-. The second kappa shape index (κ2) is 6.53. The molecule has 1 radical (unpaired) electrons. The summed E-state index contributed by atoms with van der Waals surface area (Å²) in [7, 11) is 1.43. The molecule has 0 bridgehead atoms. The van der Waals surface area contributed by atoms with Crippen LogP contribution in [0.3, 0.4) is 0 Å². The molecule has 0 aliphatic heterocycles. The SMILES string of the molecule is C=C1C=C[C](OC)C(F)=C1.[Cl-].[Zn]. The Morgan fingerprint density at radius 3 is 2.42 bits per heavy atom. The Balaban J connectivity index is 0. The minimum Gasteiger partial charge on any atom is -1.00 e. The number of hydrogen-bond acceptors (Lipinski definition) is 1. The maximum absolute atomic E-state index is 12.7. The van der Waals surface area contributed by atoms with Crippen molar-refractivity contribution in [3.63, 3.8) is 0 Å². The van der Waals surface area contributed by atoms with Gasteiger partial charge in [-0.1, -0.05) is 12.7 Å². The van der Waals surface area contributed by atoms with Crippen LogP contribution < -0.4 is 12.4 Å². The average Bonchev–Trinajstić information content (AvgIpc) is 1.88. The molecule has 0 aromatic carbocycles. The van der Waals surface area contributed by atoms with Crippen LogP contribution in [0, 0.1) is 6.10 Å². The zero-order chi connectivity index (χ0) is 7.56. The van der Waals surface area contributed by atoms with Crippen LogP contribution in [0.15, 0.2) is 36.2 Å². The molecule has 0 fully saturated rings. The van der Waals surface area contributed by atoms with E-state index in [0.717, 1.165) is 0 Å². The molecule has 1 nitrogen and oxygen atoms in total. The van der Waals surface area contributed by atoms with Gasteiger partial charge in [0.2, 0.25) is 0 Å². The Kier molecular flexibility index (Phi) is 7.91. The van der Waals surface area contributed by atoms with Crippen LogP contribution in [0.2, 0.25) is 0 Å². The topological polar surface area (TPSA) is 9.23 Å². The van der Waals surface area contributed by atoms with Gasteiger partial charge in [0, 0.05) is 26.6 Å². The molecule has 0 aromatic rings. The zero-order valence-corrected chi connectivity index (χ0v) is 10.5. The Labute approximate surface area is 90.5 Å². The van der Waals surface area contributed by atoms with E-state index in [9.17, 15) is 4.39 Å². The van der Waals surface area contributed by atoms with Crippen LogP contribution in [-0.4, -0.2) is 7.11 Å². The Hall–Kier alpha value is 0.0234. The summed E-state index contributed by atoms with van der Waals surface area (Å²) in [5.41, 5.74) is 0.651. The van der Waals surface area contributed by atoms with E-state index in [1.54, 1.807) is 12.2 Å². The van der Waals surface area contributed by atoms with Gasteiger partial charge < -0.3 is 17.1 Å². The predicted octanol–water partition coefficient (Wildman–Crippen LogP) is -0.854. The largest absolute Gasteiger partial charge is 1.00 e. The molecule has 0 heterocycles. The molecule has 1 aliphatic rings. The third kappa shape index (κ3) is 3.62. The van der Waals surface area contributed by atoms with Crippen molar-refractivity contribution in [3.05, 3.63) is 42.3 Å². The van der Waals surface area contributed by atoms with Gasteiger partial charge in [-0.3, -0.25) is 0 Å². The number of methoxy groups -OCH3 is 1. The van der Waals surface area contributed by atoms with Gasteiger partial charge >= 0.3 is 0 Å². The smallest absolute Gasteiger partial charge is 0.176 e. The van der Waals surface area contributed by atoms with Crippen LogP contribution >= 0.6 is 0 Å². The predicted molar refractivity (Wildman–Crippen MR) is 37.7 cm³/mol. The van der Waals surface area contributed by atoms with Crippen molar-refractivity contribution in [2.24, 2.45) is 0 Å². The Morgan fingerprint density at radius 2 is 2.00 bits per heavy atom. The molecule has 12 heavy (non-hydrogen) atoms. The molecule has 0 N–H and O–H groups in total. The van der Waals surface area contributed by atoms with E-state index in [0.29, 0.717) is 5.57 Å². The normalized spacial score (nSPS) is 16.2. The van der Waals surface area contributed by atoms with Crippen molar-refractivity contribution in [1.82, 2.24) is 0 Å². The average molecular weight is 240 g/mol. The van der Waals surface area contributed by atoms with E-state index < -0.39 is 0 Å². The molecule has 1 rings (SSSR count). The first-order valence-corrected chi connectivity index (χ1v) is 2.89. The minimum absolute atomic E-state index is 0. The number of halogens is 2. The fourth-order valence-corrected chi connectivity index (χ4v) is 0.710. The summed E-state index contributed by atoms with van der Waals surface area (Å²) in [5.74, 6) is -0.366. The monoisotopic (exact) mass is 238 g/mol. The quantitative estimate of drug-likeness (QED) is 0.542. The molecule has 0 atom stereocenters. The van der Waals surface area contributed by atoms with Crippen molar-refractivity contribution in [2.45, 2.75) is 0 Å². The van der Waals surface area contributed by atoms with Gasteiger partial charge in [0.05, 0.1) is 0 Å². The number of rotatable bonds is 1. The molecule has 0 spiro atoms. The van der Waals surface area contributed by atoms with Crippen molar-refractivity contribution in [1.29, 1.82) is 0 Å². The molecular weight excluding hydrogens is 232 g/mol. The van der Waals surface area contributed by atoms with Gasteiger partial charge in [0.15, 0.2) is 6.10 Å². The van der Waals surface area contributed by atoms with Crippen LogP contribution in [-0.2, 0) is 24.2 Å². The van der Waals surface area contributed by atoms with Crippen molar-refractivity contribution >= 4 is 0 Å². The first-order chi connectivity index (χ1) is 4.74. The van der Waals surface area contributed by atoms with Crippen molar-refractivity contribution in [2.75, 3.05) is 7.11 Å². The van der Waals surface area contributed by atoms with Crippen LogP contribution in [0.25, 0.3) is 0 Å². The van der Waals surface area contributed by atoms with Gasteiger partial charge in [-0.15, -0.1) is 0 Å². The maximum Gasteiger partial charge on any atom is 0.176 e. The molecule has 4 heteroatoms. The maximum atomic E-state index is 12.7. The van der Waals surface area contributed by atoms with E-state index >= 15 is 0 Å². The summed E-state index contributed by atoms with van der Waals surface area (Å²) < 4.78 is 17.4. The van der Waals surface area contributed by atoms with Gasteiger partial charge in [-0.2, -0.15) is 0 Å². The third-order valence-corrected chi connectivity index (χ3v) is 1.22. The number of allylic oxidation sites excluding steroid dienone is 3. The number of ether oxygens (including phenoxy) is 1. The molecule has 0 aromatic heterocycles. The summed E-state index contributed by atoms with van der Waals surface area (Å²) in [6.07, 6.45) is 4.84. The Morgan fingerprint density at radius 1 is 1.42 bits per heavy atom. The first kappa shape index (κ1) is 14.5. The van der Waals surface area contributed by atoms with Crippen LogP contribution in [0.1, 0.15) is 0 Å². The van der Waals surface area contributed by atoms with Crippen LogP contribution in [0.5, 0.6) is 0 Å². The summed E-state index contributed by atoms with van der Waals surface area (Å²) >= 11 is 0. The zero-order valence-electron chi connectivity index (χ0n) is 6.81. The first-order valence-electron chi connectivity index (χ1n) is 2.89. The molecule has 0 unspecified atom stereocenters. The van der Waals surface area contributed by atoms with Crippen molar-refractivity contribution in [3.8, 4) is 0 Å². The van der Waals surface area contributed by atoms with E-state index in [4.69, 9.17) is 4.74 Å². The second-order valence-corrected chi connectivity index (χ2v) is 1.97. The van der Waals surface area contributed by atoms with E-state index in [1.165, 1.54) is 13.2 Å². The van der Waals surface area contributed by atoms with E-state index in [2.05, 4.69) is 6.58 Å². The standard InChI is InChI=1S/C8H8FO.ClH.Zn/c1-6-3-4-8(10-2)7(9)5-6;;/h3-5H,1H2,2H3;1H;/p-1. The minimum atomic E-state index is -0.366. The second-order valence-electron chi connectivity index (χ2n) is 1.97. The van der Waals surface area contributed by atoms with Gasteiger partial charge in [0.25, 0.3) is 0 Å². The molecule has 0 saturated heterocycles. The molecule has 1 aliphatic carbocycles. The number of hydrogen-bond donors (Lipinski definition) is 0. The van der Waals surface area contributed by atoms with Gasteiger partial charge in [0.1, 0.15) is 5.83 Å². The van der Waals surface area contributed by atoms with Gasteiger partial charge in [-0.05, 0) is 17.7 Å². The summed E-state index contributed by atoms with van der Waals surface area (Å²) in [4.78, 5) is 0. The molecule has 63 valence electrons. The fraction of sp³-hybridized carbons (Fsp3) is 0.125. The summed E-state index contributed by atoms with van der Waals surface area (Å²) in [6.45, 7) is 3.56. The van der Waals surface area contributed by atoms with Gasteiger partial charge in [-0.25, -0.2) is 4.39 Å². The summed E-state index contributed by atoms with van der Waals surface area (Å²) in [5, 5.41) is 0. The van der Waals surface area contributed by atoms with Crippen molar-refractivity contribution < 1.29 is 41.0 Å². The Bertz CT molecular complexity index is 213. The van der Waals surface area contributed by atoms with E-state index in [1.807, 2.05) is 0 Å². The fourth-order valence-electron chi connectivity index (χ4n) is 0.710. The molecule has 0 saturated carbocycles. The molecule has 0 amide bonds. The van der Waals surface area contributed by atoms with E-state index in [-0.39, 0.29) is 43.8 Å². The summed E-state index contributed by atoms with van der Waals surface area (Å²) in [6, 6.07) is 0. The van der Waals surface area contributed by atoms with Crippen LogP contribution in [0.4, 0.5) is 4.39 Å². The third-order valence-electron chi connectivity index (χ3n) is 1.22.